The number of anilines is 2. The number of rotatable bonds is 3. The molecule has 7 nitrogen and oxygen atoms in total. The van der Waals surface area contributed by atoms with Crippen molar-refractivity contribution in [3.63, 3.8) is 0 Å². The molecule has 0 aliphatic carbocycles. The first-order valence-electron chi connectivity index (χ1n) is 10.8. The number of hydrogen-bond acceptors (Lipinski definition) is 7. The number of benzene rings is 1. The normalized spacial score (nSPS) is 15.0. The average molecular weight is 503 g/mol. The third-order valence-corrected chi connectivity index (χ3v) is 6.89. The van der Waals surface area contributed by atoms with Crippen molar-refractivity contribution < 1.29 is 4.79 Å². The van der Waals surface area contributed by atoms with Crippen LogP contribution in [0.25, 0.3) is 0 Å². The molecule has 1 aliphatic rings. The quantitative estimate of drug-likeness (QED) is 0.263. The molecule has 3 heterocycles. The Balaban J connectivity index is 1.94. The summed E-state index contributed by atoms with van der Waals surface area (Å²) in [7, 11) is 0. The molecule has 4 rings (SSSR count). The molecule has 0 saturated heterocycles. The van der Waals surface area contributed by atoms with Gasteiger partial charge in [-0.05, 0) is 50.6 Å². The van der Waals surface area contributed by atoms with Gasteiger partial charge in [0.25, 0.3) is 0 Å². The minimum atomic E-state index is -0.715. The number of nitrogen functional groups attached to an aromatic ring is 1. The second-order valence-electron chi connectivity index (χ2n) is 8.17. The summed E-state index contributed by atoms with van der Waals surface area (Å²) in [6.07, 6.45) is 1.69. The van der Waals surface area contributed by atoms with Crippen LogP contribution < -0.4 is 10.6 Å². The van der Waals surface area contributed by atoms with Gasteiger partial charge >= 0.3 is 0 Å². The van der Waals surface area contributed by atoms with Gasteiger partial charge < -0.3 is 5.73 Å². The van der Waals surface area contributed by atoms with Gasteiger partial charge in [0.1, 0.15) is 34.3 Å². The number of thiophene rings is 1. The molecule has 0 unspecified atom stereocenters. The molecular weight excluding hydrogens is 480 g/mol. The topological polar surface area (TPSA) is 119 Å². The number of nitrogens with zero attached hydrogens (tertiary/aromatic N) is 3. The summed E-state index contributed by atoms with van der Waals surface area (Å²) < 4.78 is 0. The first-order valence-corrected chi connectivity index (χ1v) is 12.0. The van der Waals surface area contributed by atoms with Crippen molar-refractivity contribution in [2.45, 2.75) is 33.2 Å². The Labute approximate surface area is 212 Å². The molecule has 0 amide bonds. The number of halogens is 1. The fourth-order valence-electron chi connectivity index (χ4n) is 3.78. The zero-order valence-electron chi connectivity index (χ0n) is 19.4. The molecule has 3 aromatic rings. The summed E-state index contributed by atoms with van der Waals surface area (Å²) in [5.41, 5.74) is 9.53. The van der Waals surface area contributed by atoms with E-state index >= 15 is 0 Å². The van der Waals surface area contributed by atoms with Crippen LogP contribution in [0.15, 0.2) is 47.6 Å². The van der Waals surface area contributed by atoms with Gasteiger partial charge in [0.15, 0.2) is 0 Å². The Kier molecular flexibility index (Phi) is 6.83. The zero-order valence-corrected chi connectivity index (χ0v) is 21.0. The van der Waals surface area contributed by atoms with E-state index in [1.165, 1.54) is 18.3 Å². The van der Waals surface area contributed by atoms with Crippen molar-refractivity contribution in [1.29, 1.82) is 10.8 Å². The summed E-state index contributed by atoms with van der Waals surface area (Å²) in [5, 5.41) is 18.6. The van der Waals surface area contributed by atoms with Gasteiger partial charge in [-0.2, -0.15) is 0 Å². The van der Waals surface area contributed by atoms with Crippen molar-refractivity contribution in [3.8, 4) is 11.8 Å². The van der Waals surface area contributed by atoms with Crippen LogP contribution >= 0.6 is 22.9 Å². The van der Waals surface area contributed by atoms with Gasteiger partial charge in [-0.15, -0.1) is 11.3 Å². The standard InChI is InChI=1S/C26H23ClN6OS/c1-14(34)12-20-25(30)33(16(3)28)26-23(24(32-20)18-6-8-19(27)9-7-18)15(2)21(35-26)10-4-17-5-11-22(29)31-13-17/h5-9,11,13,20,28,30H,12H2,1-3H3,(H2,29,31)/t20-/m0/s1. The van der Waals surface area contributed by atoms with Crippen LogP contribution in [0.3, 0.4) is 0 Å². The van der Waals surface area contributed by atoms with Crippen molar-refractivity contribution in [1.82, 2.24) is 4.98 Å². The van der Waals surface area contributed by atoms with Crippen LogP contribution in [0.5, 0.6) is 0 Å². The number of fused-ring (bicyclic) bond motifs is 1. The largest absolute Gasteiger partial charge is 0.384 e. The third kappa shape index (κ3) is 5.02. The third-order valence-electron chi connectivity index (χ3n) is 5.45. The van der Waals surface area contributed by atoms with Crippen LogP contribution in [-0.2, 0) is 4.79 Å². The monoisotopic (exact) mass is 502 g/mol. The summed E-state index contributed by atoms with van der Waals surface area (Å²) in [4.78, 5) is 23.4. The second-order valence-corrected chi connectivity index (χ2v) is 9.61. The molecular formula is C26H23ClN6OS. The fourth-order valence-corrected chi connectivity index (χ4v) is 5.13. The molecule has 176 valence electrons. The van der Waals surface area contributed by atoms with Gasteiger partial charge in [0.2, 0.25) is 0 Å². The molecule has 9 heteroatoms. The number of nitrogens with one attached hydrogen (secondary N) is 2. The number of pyridine rings is 1. The van der Waals surface area contributed by atoms with E-state index in [4.69, 9.17) is 33.1 Å². The Hall–Kier alpha value is -3.80. The number of nitrogens with two attached hydrogens (primary N) is 1. The van der Waals surface area contributed by atoms with Crippen molar-refractivity contribution in [2.24, 2.45) is 4.99 Å². The number of carbonyl (C=O) groups is 1. The molecule has 4 N–H and O–H groups in total. The number of aliphatic imine (C=N–C) groups is 1. The molecule has 0 fully saturated rings. The Morgan fingerprint density at radius 1 is 1.20 bits per heavy atom. The van der Waals surface area contributed by atoms with Crippen molar-refractivity contribution >= 4 is 56.9 Å². The Bertz CT molecular complexity index is 1430. The van der Waals surface area contributed by atoms with E-state index in [2.05, 4.69) is 16.8 Å². The van der Waals surface area contributed by atoms with Crippen molar-refractivity contribution in [2.75, 3.05) is 10.6 Å². The number of Topliss-reactive ketones (excluding diaryl/α,β-unsaturated/α-hetero) is 1. The smallest absolute Gasteiger partial charge is 0.132 e. The summed E-state index contributed by atoms with van der Waals surface area (Å²) in [6, 6.07) is 10.1. The molecule has 35 heavy (non-hydrogen) atoms. The molecule has 2 aromatic heterocycles. The highest BCUT2D eigenvalue weighted by Crippen LogP contribution is 2.40. The van der Waals surface area contributed by atoms with Crippen LogP contribution in [0.4, 0.5) is 10.8 Å². The minimum Gasteiger partial charge on any atom is -0.384 e. The van der Waals surface area contributed by atoms with E-state index in [9.17, 15) is 4.79 Å². The fraction of sp³-hybridized carbons (Fsp3) is 0.192. The average Bonchev–Trinajstić information content (AvgIpc) is 3.05. The van der Waals surface area contributed by atoms with Crippen molar-refractivity contribution in [3.05, 3.63) is 74.7 Å². The number of ketones is 1. The molecule has 0 spiro atoms. The lowest BCUT2D eigenvalue weighted by molar-refractivity contribution is -0.117. The van der Waals surface area contributed by atoms with E-state index in [0.717, 1.165) is 27.1 Å². The summed E-state index contributed by atoms with van der Waals surface area (Å²) in [6.45, 7) is 5.06. The van der Waals surface area contributed by atoms with E-state index in [0.29, 0.717) is 21.6 Å². The minimum absolute atomic E-state index is 0.0739. The predicted molar refractivity (Wildman–Crippen MR) is 143 cm³/mol. The highest BCUT2D eigenvalue weighted by atomic mass is 35.5. The lowest BCUT2D eigenvalue weighted by atomic mass is 9.99. The van der Waals surface area contributed by atoms with Gasteiger partial charge in [-0.25, -0.2) is 4.98 Å². The van der Waals surface area contributed by atoms with Crippen LogP contribution in [0, 0.1) is 29.6 Å². The lowest BCUT2D eigenvalue weighted by Gasteiger charge is -2.24. The number of amidine groups is 2. The Morgan fingerprint density at radius 3 is 2.51 bits per heavy atom. The highest BCUT2D eigenvalue weighted by molar-refractivity contribution is 7.17. The van der Waals surface area contributed by atoms with E-state index in [1.807, 2.05) is 19.1 Å². The van der Waals surface area contributed by atoms with E-state index < -0.39 is 6.04 Å². The predicted octanol–water partition coefficient (Wildman–Crippen LogP) is 5.07. The number of aromatic nitrogens is 1. The maximum atomic E-state index is 12.0. The van der Waals surface area contributed by atoms with Gasteiger partial charge in [0, 0.05) is 34.3 Å². The number of hydrogen-bond donors (Lipinski definition) is 3. The number of carbonyl (C=O) groups excluding carboxylic acids is 1. The van der Waals surface area contributed by atoms with Crippen LogP contribution in [-0.4, -0.2) is 34.2 Å². The lowest BCUT2D eigenvalue weighted by Crippen LogP contribution is -2.40. The highest BCUT2D eigenvalue weighted by Gasteiger charge is 2.34. The first-order chi connectivity index (χ1) is 16.7. The molecule has 1 atom stereocenters. The molecule has 1 aliphatic heterocycles. The maximum absolute atomic E-state index is 12.0. The van der Waals surface area contributed by atoms with Crippen LogP contribution in [0.2, 0.25) is 5.02 Å². The molecule has 1 aromatic carbocycles. The van der Waals surface area contributed by atoms with Gasteiger partial charge in [-0.3, -0.25) is 25.5 Å². The van der Waals surface area contributed by atoms with Crippen LogP contribution in [0.1, 0.15) is 47.4 Å². The molecule has 0 bridgehead atoms. The second kappa shape index (κ2) is 9.82. The first kappa shape index (κ1) is 24.3. The van der Waals surface area contributed by atoms with E-state index in [-0.39, 0.29) is 23.9 Å². The Morgan fingerprint density at radius 2 is 1.91 bits per heavy atom. The summed E-state index contributed by atoms with van der Waals surface area (Å²) in [5.74, 6) is 6.94. The SMILES string of the molecule is CC(=N)N1C(=N)[C@H](CC(C)=O)N=C(c2ccc(Cl)cc2)c2c1sc(C#Cc1ccc(N)nc1)c2C. The van der Waals surface area contributed by atoms with E-state index in [1.54, 1.807) is 42.3 Å². The molecule has 0 radical (unpaired) electrons. The van der Waals surface area contributed by atoms with Gasteiger partial charge in [-0.1, -0.05) is 35.6 Å². The summed E-state index contributed by atoms with van der Waals surface area (Å²) >= 11 is 7.52. The zero-order chi connectivity index (χ0) is 25.3. The van der Waals surface area contributed by atoms with Gasteiger partial charge in [0.05, 0.1) is 10.6 Å². The maximum Gasteiger partial charge on any atom is 0.132 e. The molecule has 0 saturated carbocycles.